The van der Waals surface area contributed by atoms with Gasteiger partial charge >= 0.3 is 0 Å². The molecule has 1 saturated carbocycles. The number of nitrogens with one attached hydrogen (secondary N) is 1. The molecule has 3 N–H and O–H groups in total. The van der Waals surface area contributed by atoms with Crippen LogP contribution in [0.1, 0.15) is 33.3 Å². The molecule has 1 aromatic heterocycles. The third kappa shape index (κ3) is 2.37. The first-order chi connectivity index (χ1) is 8.90. The van der Waals surface area contributed by atoms with E-state index in [1.165, 1.54) is 11.3 Å². The molecule has 0 amide bonds. The molecule has 0 aromatic carbocycles. The van der Waals surface area contributed by atoms with Gasteiger partial charge in [0.05, 0.1) is 3.79 Å². The summed E-state index contributed by atoms with van der Waals surface area (Å²) in [6.07, 6.45) is 0. The molecule has 1 heterocycles. The van der Waals surface area contributed by atoms with Gasteiger partial charge in [-0.2, -0.15) is 0 Å². The zero-order valence-electron chi connectivity index (χ0n) is 12.3. The maximum absolute atomic E-state index is 12.5. The molecule has 0 aliphatic heterocycles. The van der Waals surface area contributed by atoms with E-state index in [0.717, 1.165) is 9.35 Å². The van der Waals surface area contributed by atoms with Crippen LogP contribution in [0, 0.1) is 17.8 Å². The van der Waals surface area contributed by atoms with E-state index in [9.17, 15) is 8.42 Å². The Labute approximate surface area is 133 Å². The average Bonchev–Trinajstić information content (AvgIpc) is 2.66. The number of sulfonamides is 1. The number of thiophene rings is 1. The van der Waals surface area contributed by atoms with Gasteiger partial charge in [-0.15, -0.1) is 11.3 Å². The van der Waals surface area contributed by atoms with E-state index in [1.807, 2.05) is 34.6 Å². The zero-order valence-corrected chi connectivity index (χ0v) is 15.5. The summed E-state index contributed by atoms with van der Waals surface area (Å²) in [5, 5.41) is 0. The minimum absolute atomic E-state index is 0.0282. The first-order valence-electron chi connectivity index (χ1n) is 6.44. The van der Waals surface area contributed by atoms with E-state index < -0.39 is 10.0 Å². The molecular formula is C13H21BrN2O2S2. The first kappa shape index (κ1) is 16.4. The van der Waals surface area contributed by atoms with Gasteiger partial charge in [0.25, 0.3) is 0 Å². The molecular weight excluding hydrogens is 360 g/mol. The van der Waals surface area contributed by atoms with Crippen LogP contribution in [-0.4, -0.2) is 20.5 Å². The SMILES string of the molecule is Cc1cc(S(=O)(=O)NC2C(C)(C)C(N)C2(C)C)sc1Br. The van der Waals surface area contributed by atoms with Crippen molar-refractivity contribution >= 4 is 37.3 Å². The predicted octanol–water partition coefficient (Wildman–Crippen LogP) is 2.86. The Hall–Kier alpha value is 0.0500. The third-order valence-electron chi connectivity index (χ3n) is 4.46. The highest BCUT2D eigenvalue weighted by atomic mass is 79.9. The van der Waals surface area contributed by atoms with Crippen LogP contribution in [0.15, 0.2) is 14.1 Å². The van der Waals surface area contributed by atoms with Crippen molar-refractivity contribution in [1.29, 1.82) is 0 Å². The number of hydrogen-bond acceptors (Lipinski definition) is 4. The van der Waals surface area contributed by atoms with Crippen LogP contribution in [0.4, 0.5) is 0 Å². The van der Waals surface area contributed by atoms with E-state index in [0.29, 0.717) is 4.21 Å². The summed E-state index contributed by atoms with van der Waals surface area (Å²) < 4.78 is 29.1. The summed E-state index contributed by atoms with van der Waals surface area (Å²) in [6.45, 7) is 9.90. The van der Waals surface area contributed by atoms with Crippen molar-refractivity contribution in [2.45, 2.75) is 50.9 Å². The fraction of sp³-hybridized carbons (Fsp3) is 0.692. The van der Waals surface area contributed by atoms with Gasteiger partial charge in [-0.3, -0.25) is 0 Å². The topological polar surface area (TPSA) is 72.2 Å². The number of aryl methyl sites for hydroxylation is 1. The van der Waals surface area contributed by atoms with Gasteiger partial charge in [0, 0.05) is 12.1 Å². The highest BCUT2D eigenvalue weighted by molar-refractivity contribution is 9.11. The van der Waals surface area contributed by atoms with Crippen LogP contribution in [-0.2, 0) is 10.0 Å². The summed E-state index contributed by atoms with van der Waals surface area (Å²) in [5.41, 5.74) is 6.60. The second kappa shape index (κ2) is 4.78. The fourth-order valence-electron chi connectivity index (χ4n) is 3.26. The summed E-state index contributed by atoms with van der Waals surface area (Å²) >= 11 is 4.60. The Bertz CT molecular complexity index is 599. The van der Waals surface area contributed by atoms with E-state index in [4.69, 9.17) is 5.73 Å². The number of rotatable bonds is 3. The monoisotopic (exact) mass is 380 g/mol. The van der Waals surface area contributed by atoms with Crippen LogP contribution < -0.4 is 10.5 Å². The average molecular weight is 381 g/mol. The van der Waals surface area contributed by atoms with Crippen molar-refractivity contribution in [3.63, 3.8) is 0 Å². The minimum Gasteiger partial charge on any atom is -0.327 e. The van der Waals surface area contributed by atoms with E-state index >= 15 is 0 Å². The van der Waals surface area contributed by atoms with E-state index in [1.54, 1.807) is 6.07 Å². The molecule has 1 aromatic rings. The summed E-state index contributed by atoms with van der Waals surface area (Å²) in [5.74, 6) is 0. The predicted molar refractivity (Wildman–Crippen MR) is 86.4 cm³/mol. The quantitative estimate of drug-likeness (QED) is 0.846. The Balaban J connectivity index is 2.30. The summed E-state index contributed by atoms with van der Waals surface area (Å²) in [6, 6.07) is 1.49. The molecule has 0 saturated heterocycles. The lowest BCUT2D eigenvalue weighted by atomic mass is 9.49. The molecule has 1 fully saturated rings. The Kier molecular flexibility index (Phi) is 3.92. The van der Waals surface area contributed by atoms with Gasteiger partial charge in [-0.05, 0) is 45.3 Å². The standard InChI is InChI=1S/C13H21BrN2O2S2/c1-7-6-8(19-9(7)14)20(17,18)16-11-12(2,3)10(15)13(11,4)5/h6,10-11,16H,15H2,1-5H3. The first-order valence-corrected chi connectivity index (χ1v) is 9.54. The minimum atomic E-state index is -3.50. The van der Waals surface area contributed by atoms with Gasteiger partial charge < -0.3 is 5.73 Å². The van der Waals surface area contributed by atoms with Crippen molar-refractivity contribution in [2.75, 3.05) is 0 Å². The lowest BCUT2D eigenvalue weighted by molar-refractivity contribution is -0.0593. The van der Waals surface area contributed by atoms with Crippen molar-refractivity contribution in [3.05, 3.63) is 15.4 Å². The van der Waals surface area contributed by atoms with Crippen molar-refractivity contribution in [2.24, 2.45) is 16.6 Å². The molecule has 20 heavy (non-hydrogen) atoms. The zero-order chi connectivity index (χ0) is 15.5. The van der Waals surface area contributed by atoms with Gasteiger partial charge in [-0.1, -0.05) is 27.7 Å². The molecule has 1 aliphatic rings. The molecule has 1 aliphatic carbocycles. The fourth-order valence-corrected chi connectivity index (χ4v) is 7.05. The highest BCUT2D eigenvalue weighted by Gasteiger charge is 2.61. The lowest BCUT2D eigenvalue weighted by Crippen LogP contribution is -2.75. The number of nitrogens with two attached hydrogens (primary N) is 1. The van der Waals surface area contributed by atoms with Gasteiger partial charge in [-0.25, -0.2) is 13.1 Å². The molecule has 0 bridgehead atoms. The molecule has 4 nitrogen and oxygen atoms in total. The Morgan fingerprint density at radius 3 is 2.20 bits per heavy atom. The second-order valence-electron chi connectivity index (χ2n) is 6.70. The maximum atomic E-state index is 12.5. The normalized spacial score (nSPS) is 28.1. The molecule has 0 atom stereocenters. The molecule has 0 spiro atoms. The highest BCUT2D eigenvalue weighted by Crippen LogP contribution is 2.53. The Morgan fingerprint density at radius 1 is 1.30 bits per heavy atom. The van der Waals surface area contributed by atoms with Gasteiger partial charge in [0.1, 0.15) is 4.21 Å². The third-order valence-corrected chi connectivity index (χ3v) is 8.50. The second-order valence-corrected chi connectivity index (χ2v) is 11.0. The van der Waals surface area contributed by atoms with Crippen LogP contribution in [0.25, 0.3) is 0 Å². The molecule has 2 rings (SSSR count). The van der Waals surface area contributed by atoms with Crippen molar-refractivity contribution in [3.8, 4) is 0 Å². The number of halogens is 1. The van der Waals surface area contributed by atoms with Crippen LogP contribution >= 0.6 is 27.3 Å². The molecule has 0 radical (unpaired) electrons. The van der Waals surface area contributed by atoms with Crippen molar-refractivity contribution < 1.29 is 8.42 Å². The number of hydrogen-bond donors (Lipinski definition) is 2. The Morgan fingerprint density at radius 2 is 1.80 bits per heavy atom. The molecule has 114 valence electrons. The largest absolute Gasteiger partial charge is 0.327 e. The molecule has 7 heteroatoms. The van der Waals surface area contributed by atoms with E-state index in [-0.39, 0.29) is 22.9 Å². The van der Waals surface area contributed by atoms with Crippen molar-refractivity contribution in [1.82, 2.24) is 4.72 Å². The smallest absolute Gasteiger partial charge is 0.250 e. The van der Waals surface area contributed by atoms with Crippen LogP contribution in [0.3, 0.4) is 0 Å². The van der Waals surface area contributed by atoms with Gasteiger partial charge in [0.15, 0.2) is 0 Å². The van der Waals surface area contributed by atoms with Crippen LogP contribution in [0.5, 0.6) is 0 Å². The molecule has 0 unspecified atom stereocenters. The summed E-state index contributed by atoms with van der Waals surface area (Å²) in [4.78, 5) is 0. The van der Waals surface area contributed by atoms with E-state index in [2.05, 4.69) is 20.7 Å². The maximum Gasteiger partial charge on any atom is 0.250 e. The van der Waals surface area contributed by atoms with Crippen LogP contribution in [0.2, 0.25) is 0 Å². The van der Waals surface area contributed by atoms with Gasteiger partial charge in [0.2, 0.25) is 10.0 Å². The summed E-state index contributed by atoms with van der Waals surface area (Å²) in [7, 11) is -3.50. The lowest BCUT2D eigenvalue weighted by Gasteiger charge is -2.62.